The van der Waals surface area contributed by atoms with Gasteiger partial charge in [0, 0.05) is 17.5 Å². The molecule has 2 N–H and O–H groups in total. The number of hydrogen-bond donors (Lipinski definition) is 2. The minimum absolute atomic E-state index is 0.0662. The fourth-order valence-electron chi connectivity index (χ4n) is 2.48. The summed E-state index contributed by atoms with van der Waals surface area (Å²) in [6.45, 7) is 0. The Labute approximate surface area is 133 Å². The van der Waals surface area contributed by atoms with Crippen LogP contribution in [0.5, 0.6) is 0 Å². The highest BCUT2D eigenvalue weighted by Gasteiger charge is 2.29. The van der Waals surface area contributed by atoms with Crippen LogP contribution in [0.4, 0.5) is 17.2 Å². The second kappa shape index (κ2) is 5.68. The van der Waals surface area contributed by atoms with Crippen molar-refractivity contribution in [2.45, 2.75) is 12.8 Å². The van der Waals surface area contributed by atoms with Crippen molar-refractivity contribution in [2.24, 2.45) is 5.92 Å². The van der Waals surface area contributed by atoms with Crippen LogP contribution < -0.4 is 10.6 Å². The zero-order valence-corrected chi connectivity index (χ0v) is 12.5. The van der Waals surface area contributed by atoms with Gasteiger partial charge in [0.25, 0.3) is 0 Å². The molecule has 1 aromatic carbocycles. The molecule has 0 aliphatic heterocycles. The Morgan fingerprint density at radius 3 is 2.70 bits per heavy atom. The van der Waals surface area contributed by atoms with Crippen molar-refractivity contribution in [3.63, 3.8) is 0 Å². The lowest BCUT2D eigenvalue weighted by atomic mass is 10.2. The summed E-state index contributed by atoms with van der Waals surface area (Å²) in [5, 5.41) is 7.24. The summed E-state index contributed by atoms with van der Waals surface area (Å²) in [4.78, 5) is 20.4. The molecule has 4 rings (SSSR count). The van der Waals surface area contributed by atoms with Gasteiger partial charge in [0.15, 0.2) is 0 Å². The Morgan fingerprint density at radius 1 is 1.04 bits per heavy atom. The van der Waals surface area contributed by atoms with E-state index < -0.39 is 0 Å². The van der Waals surface area contributed by atoms with Gasteiger partial charge in [-0.05, 0) is 37.1 Å². The number of benzene rings is 1. The summed E-state index contributed by atoms with van der Waals surface area (Å²) < 4.78 is 0. The van der Waals surface area contributed by atoms with Crippen LogP contribution >= 0.6 is 0 Å². The molecule has 0 saturated heterocycles. The van der Waals surface area contributed by atoms with Crippen LogP contribution in [-0.2, 0) is 4.79 Å². The first kappa shape index (κ1) is 13.7. The van der Waals surface area contributed by atoms with E-state index in [4.69, 9.17) is 0 Å². The molecule has 0 atom stereocenters. The zero-order chi connectivity index (χ0) is 15.6. The average Bonchev–Trinajstić information content (AvgIpc) is 3.42. The summed E-state index contributed by atoms with van der Waals surface area (Å²) in [5.41, 5.74) is 2.70. The van der Waals surface area contributed by atoms with Crippen LogP contribution in [0.3, 0.4) is 0 Å². The van der Waals surface area contributed by atoms with Gasteiger partial charge in [-0.25, -0.2) is 4.98 Å². The number of pyridine rings is 2. The van der Waals surface area contributed by atoms with Gasteiger partial charge in [0.2, 0.25) is 5.91 Å². The SMILES string of the molecule is O=C(Nc1ccc(Nc2cccc3cccnc23)cn1)C1CC1. The number of aromatic nitrogens is 2. The van der Waals surface area contributed by atoms with Crippen molar-refractivity contribution in [2.75, 3.05) is 10.6 Å². The molecule has 1 aliphatic carbocycles. The van der Waals surface area contributed by atoms with Crippen molar-refractivity contribution in [3.8, 4) is 0 Å². The summed E-state index contributed by atoms with van der Waals surface area (Å²) >= 11 is 0. The molecule has 1 amide bonds. The van der Waals surface area contributed by atoms with Crippen molar-refractivity contribution < 1.29 is 4.79 Å². The van der Waals surface area contributed by atoms with Gasteiger partial charge >= 0.3 is 0 Å². The standard InChI is InChI=1S/C18H16N4O/c23-18(13-6-7-13)22-16-9-8-14(11-20-16)21-15-5-1-3-12-4-2-10-19-17(12)15/h1-5,8-11,13,21H,6-7H2,(H,20,22,23). The van der Waals surface area contributed by atoms with E-state index in [-0.39, 0.29) is 11.8 Å². The summed E-state index contributed by atoms with van der Waals surface area (Å²) in [6.07, 6.45) is 5.46. The highest BCUT2D eigenvalue weighted by atomic mass is 16.2. The largest absolute Gasteiger partial charge is 0.352 e. The van der Waals surface area contributed by atoms with E-state index in [1.54, 1.807) is 18.5 Å². The number of amides is 1. The third-order valence-corrected chi connectivity index (χ3v) is 3.87. The predicted octanol–water partition coefficient (Wildman–Crippen LogP) is 3.72. The zero-order valence-electron chi connectivity index (χ0n) is 12.5. The van der Waals surface area contributed by atoms with Crippen LogP contribution in [0.2, 0.25) is 0 Å². The van der Waals surface area contributed by atoms with Crippen LogP contribution in [0, 0.1) is 5.92 Å². The minimum atomic E-state index is 0.0662. The molecule has 1 saturated carbocycles. The number of rotatable bonds is 4. The molecular weight excluding hydrogens is 288 g/mol. The highest BCUT2D eigenvalue weighted by molar-refractivity contribution is 5.94. The van der Waals surface area contributed by atoms with Crippen molar-refractivity contribution in [1.29, 1.82) is 0 Å². The lowest BCUT2D eigenvalue weighted by Gasteiger charge is -2.09. The molecule has 23 heavy (non-hydrogen) atoms. The Bertz CT molecular complexity index is 851. The number of carbonyl (C=O) groups is 1. The number of fused-ring (bicyclic) bond motifs is 1. The van der Waals surface area contributed by atoms with Crippen molar-refractivity contribution in [1.82, 2.24) is 9.97 Å². The van der Waals surface area contributed by atoms with Gasteiger partial charge in [-0.2, -0.15) is 0 Å². The van der Waals surface area contributed by atoms with Gasteiger partial charge in [-0.3, -0.25) is 9.78 Å². The van der Waals surface area contributed by atoms with E-state index in [2.05, 4.69) is 20.6 Å². The fourth-order valence-corrected chi connectivity index (χ4v) is 2.48. The van der Waals surface area contributed by atoms with Crippen molar-refractivity contribution in [3.05, 3.63) is 54.9 Å². The first-order chi connectivity index (χ1) is 11.3. The summed E-state index contributed by atoms with van der Waals surface area (Å²) in [5.74, 6) is 0.830. The second-order valence-corrected chi connectivity index (χ2v) is 5.70. The maximum absolute atomic E-state index is 11.7. The highest BCUT2D eigenvalue weighted by Crippen LogP contribution is 2.30. The third-order valence-electron chi connectivity index (χ3n) is 3.87. The van der Waals surface area contributed by atoms with Gasteiger partial charge in [0.1, 0.15) is 5.82 Å². The molecular formula is C18H16N4O. The molecule has 2 aromatic heterocycles. The van der Waals surface area contributed by atoms with Crippen LogP contribution in [0.15, 0.2) is 54.9 Å². The first-order valence-corrected chi connectivity index (χ1v) is 7.67. The Kier molecular flexibility index (Phi) is 3.38. The predicted molar refractivity (Wildman–Crippen MR) is 90.6 cm³/mol. The van der Waals surface area contributed by atoms with E-state index in [1.807, 2.05) is 36.4 Å². The molecule has 0 unspecified atom stereocenters. The van der Waals surface area contributed by atoms with Crippen molar-refractivity contribution >= 4 is 34.0 Å². The van der Waals surface area contributed by atoms with E-state index >= 15 is 0 Å². The minimum Gasteiger partial charge on any atom is -0.352 e. The number of hydrogen-bond acceptors (Lipinski definition) is 4. The summed E-state index contributed by atoms with van der Waals surface area (Å²) in [6, 6.07) is 13.7. The third kappa shape index (κ3) is 2.99. The second-order valence-electron chi connectivity index (χ2n) is 5.70. The van der Waals surface area contributed by atoms with E-state index in [1.165, 1.54) is 0 Å². The monoisotopic (exact) mass is 304 g/mol. The molecule has 5 nitrogen and oxygen atoms in total. The number of nitrogens with zero attached hydrogens (tertiary/aromatic N) is 2. The first-order valence-electron chi connectivity index (χ1n) is 7.67. The molecule has 3 aromatic rings. The number of anilines is 3. The van der Waals surface area contributed by atoms with Crippen LogP contribution in [0.1, 0.15) is 12.8 Å². The molecule has 2 heterocycles. The van der Waals surface area contributed by atoms with Gasteiger partial charge in [-0.1, -0.05) is 18.2 Å². The smallest absolute Gasteiger partial charge is 0.228 e. The Morgan fingerprint density at radius 2 is 1.91 bits per heavy atom. The quantitative estimate of drug-likeness (QED) is 0.771. The molecule has 0 radical (unpaired) electrons. The van der Waals surface area contributed by atoms with Gasteiger partial charge < -0.3 is 10.6 Å². The lowest BCUT2D eigenvalue weighted by Crippen LogP contribution is -2.14. The fraction of sp³-hybridized carbons (Fsp3) is 0.167. The van der Waals surface area contributed by atoms with E-state index in [9.17, 15) is 4.79 Å². The van der Waals surface area contributed by atoms with Crippen LogP contribution in [0.25, 0.3) is 10.9 Å². The lowest BCUT2D eigenvalue weighted by molar-refractivity contribution is -0.117. The normalized spacial score (nSPS) is 13.7. The maximum Gasteiger partial charge on any atom is 0.228 e. The molecule has 0 spiro atoms. The Hall–Kier alpha value is -2.95. The topological polar surface area (TPSA) is 66.9 Å². The van der Waals surface area contributed by atoms with E-state index in [0.29, 0.717) is 5.82 Å². The molecule has 5 heteroatoms. The van der Waals surface area contributed by atoms with Gasteiger partial charge in [0.05, 0.1) is 23.1 Å². The molecule has 114 valence electrons. The number of nitrogens with one attached hydrogen (secondary N) is 2. The molecule has 1 aliphatic rings. The van der Waals surface area contributed by atoms with E-state index in [0.717, 1.165) is 35.1 Å². The average molecular weight is 304 g/mol. The molecule has 1 fully saturated rings. The number of carbonyl (C=O) groups excluding carboxylic acids is 1. The number of para-hydroxylation sites is 1. The maximum atomic E-state index is 11.7. The van der Waals surface area contributed by atoms with Crippen LogP contribution in [-0.4, -0.2) is 15.9 Å². The Balaban J connectivity index is 1.53. The van der Waals surface area contributed by atoms with Gasteiger partial charge in [-0.15, -0.1) is 0 Å². The summed E-state index contributed by atoms with van der Waals surface area (Å²) in [7, 11) is 0. The molecule has 0 bridgehead atoms.